The van der Waals surface area contributed by atoms with Gasteiger partial charge >= 0.3 is 0 Å². The molecule has 0 saturated heterocycles. The predicted octanol–water partition coefficient (Wildman–Crippen LogP) is 14.5. The van der Waals surface area contributed by atoms with Crippen molar-refractivity contribution in [2.45, 2.75) is 42.9 Å². The van der Waals surface area contributed by atoms with E-state index in [1.165, 1.54) is 49.3 Å². The van der Waals surface area contributed by atoms with Crippen molar-refractivity contribution in [1.82, 2.24) is 9.13 Å². The van der Waals surface area contributed by atoms with Crippen LogP contribution in [0.3, 0.4) is 0 Å². The van der Waals surface area contributed by atoms with E-state index in [0.29, 0.717) is 5.56 Å². The van der Waals surface area contributed by atoms with Crippen LogP contribution in [-0.4, -0.2) is 9.13 Å². The lowest BCUT2D eigenvalue weighted by Gasteiger charge is -2.13. The van der Waals surface area contributed by atoms with Crippen molar-refractivity contribution in [3.8, 4) is 11.8 Å². The quantitative estimate of drug-likeness (QED) is 0.160. The third-order valence-electron chi connectivity index (χ3n) is 10.3. The number of nitriles is 1. The summed E-state index contributed by atoms with van der Waals surface area (Å²) in [4.78, 5) is 2.26. The van der Waals surface area contributed by atoms with Crippen molar-refractivity contribution in [2.75, 3.05) is 0 Å². The van der Waals surface area contributed by atoms with Crippen LogP contribution < -0.4 is 0 Å². The number of hydrogen-bond donors (Lipinski definition) is 0. The van der Waals surface area contributed by atoms with Gasteiger partial charge in [0.1, 0.15) is 11.2 Å². The number of para-hydroxylation sites is 2. The first kappa shape index (κ1) is 34.3. The Labute approximate surface area is 324 Å². The first-order valence-electron chi connectivity index (χ1n) is 18.9. The molecule has 0 unspecified atom stereocenters. The lowest BCUT2D eigenvalue weighted by molar-refractivity contribution is 0.669. The molecule has 0 saturated carbocycles. The largest absolute Gasteiger partial charge is 0.456 e. The van der Waals surface area contributed by atoms with Gasteiger partial charge < -0.3 is 13.6 Å². The van der Waals surface area contributed by atoms with Crippen LogP contribution in [0.4, 0.5) is 0 Å². The van der Waals surface area contributed by atoms with Gasteiger partial charge in [0.05, 0.1) is 39.1 Å². The smallest absolute Gasteiger partial charge is 0.137 e. The topological polar surface area (TPSA) is 46.8 Å². The molecule has 1 aliphatic carbocycles. The predicted molar refractivity (Wildman–Crippen MR) is 233 cm³/mol. The highest BCUT2D eigenvalue weighted by Gasteiger charge is 2.24. The van der Waals surface area contributed by atoms with E-state index in [9.17, 15) is 0 Å². The van der Waals surface area contributed by atoms with Gasteiger partial charge in [0.15, 0.2) is 0 Å². The second-order valence-electron chi connectivity index (χ2n) is 13.7. The van der Waals surface area contributed by atoms with Crippen LogP contribution in [-0.2, 0) is 0 Å². The molecule has 5 heteroatoms. The van der Waals surface area contributed by atoms with Gasteiger partial charge in [-0.1, -0.05) is 91.5 Å². The molecule has 10 rings (SSSR count). The Bertz CT molecular complexity index is 3050. The molecule has 0 fully saturated rings. The number of fused-ring (bicyclic) bond motifs is 11. The van der Waals surface area contributed by atoms with Gasteiger partial charge in [-0.3, -0.25) is 0 Å². The molecule has 3 heterocycles. The van der Waals surface area contributed by atoms with Crippen LogP contribution >= 0.6 is 11.8 Å². The van der Waals surface area contributed by atoms with Gasteiger partial charge in [0.2, 0.25) is 0 Å². The molecule has 55 heavy (non-hydrogen) atoms. The van der Waals surface area contributed by atoms with E-state index < -0.39 is 0 Å². The van der Waals surface area contributed by atoms with Crippen LogP contribution in [0.1, 0.15) is 38.7 Å². The minimum absolute atomic E-state index is 0.674. The zero-order valence-electron chi connectivity index (χ0n) is 30.9. The number of nitrogens with zero attached hydrogens (tertiary/aromatic N) is 3. The maximum absolute atomic E-state index is 9.16. The van der Waals surface area contributed by atoms with Crippen molar-refractivity contribution in [1.29, 1.82) is 5.26 Å². The summed E-state index contributed by atoms with van der Waals surface area (Å²) < 4.78 is 11.3. The first-order chi connectivity index (χ1) is 27.2. The molecule has 3 aromatic heterocycles. The van der Waals surface area contributed by atoms with E-state index in [2.05, 4.69) is 144 Å². The molecule has 4 nitrogen and oxygen atoms in total. The van der Waals surface area contributed by atoms with E-state index in [1.54, 1.807) is 11.8 Å². The Balaban J connectivity index is 0.000000521. The summed E-state index contributed by atoms with van der Waals surface area (Å²) in [5.74, 6) is 0. The summed E-state index contributed by atoms with van der Waals surface area (Å²) in [7, 11) is 0. The molecule has 1 aliphatic rings. The normalized spacial score (nSPS) is 13.1. The van der Waals surface area contributed by atoms with Crippen LogP contribution in [0.2, 0.25) is 0 Å². The van der Waals surface area contributed by atoms with E-state index in [4.69, 9.17) is 9.68 Å². The number of benzene rings is 6. The summed E-state index contributed by atoms with van der Waals surface area (Å²) in [5.41, 5.74) is 9.57. The van der Waals surface area contributed by atoms with Crippen molar-refractivity contribution >= 4 is 83.0 Å². The highest BCUT2D eigenvalue weighted by molar-refractivity contribution is 7.99. The van der Waals surface area contributed by atoms with Crippen LogP contribution in [0.15, 0.2) is 178 Å². The molecule has 0 radical (unpaired) electrons. The Hall–Kier alpha value is -6.48. The number of aromatic nitrogens is 2. The third-order valence-corrected chi connectivity index (χ3v) is 11.3. The minimum Gasteiger partial charge on any atom is -0.456 e. The standard InChI is InChI=1S/C43H27N3OS.C7H12/c44-26-27-14-18-30(19-15-27)48-31-20-16-29(17-21-31)45-35-12-6-4-10-32(35)40-36(45)23-24-37-41(40)34-22-25-39-42(33-11-5-7-13-38(33)47-39)43(34)46(37)28-8-2-1-3-9-28;1-3-5-7-6-4-2/h2,4-25H,1,3H2;3,5-7H,4H2,1-2H3/b;5-3-,7-6-. The maximum Gasteiger partial charge on any atom is 0.137 e. The number of hydrogen-bond acceptors (Lipinski definition) is 3. The van der Waals surface area contributed by atoms with Crippen molar-refractivity contribution in [2.24, 2.45) is 0 Å². The molecule has 0 amide bonds. The fraction of sp³-hybridized carbons (Fsp3) is 0.100. The first-order valence-corrected chi connectivity index (χ1v) is 19.7. The SMILES string of the molecule is C/C=C\C=C/CC.N#Cc1ccc(Sc2ccc(-n3c4ccccc4c4c5c6ccc7oc8ccccc8c7c6n(C6=CCCC=C6)c5ccc43)cc2)cc1. The Morgan fingerprint density at radius 2 is 1.38 bits per heavy atom. The minimum atomic E-state index is 0.674. The van der Waals surface area contributed by atoms with E-state index in [-0.39, 0.29) is 0 Å². The summed E-state index contributed by atoms with van der Waals surface area (Å²) in [6.45, 7) is 4.14. The lowest BCUT2D eigenvalue weighted by Crippen LogP contribution is -1.97. The van der Waals surface area contributed by atoms with E-state index in [0.717, 1.165) is 56.7 Å². The summed E-state index contributed by atoms with van der Waals surface area (Å²) in [6.07, 6.45) is 18.4. The molecule has 266 valence electrons. The molecular weight excluding hydrogens is 691 g/mol. The third kappa shape index (κ3) is 6.06. The molecule has 0 atom stereocenters. The molecule has 0 bridgehead atoms. The molecule has 0 spiro atoms. The maximum atomic E-state index is 9.16. The average molecular weight is 730 g/mol. The highest BCUT2D eigenvalue weighted by atomic mass is 32.2. The molecule has 9 aromatic rings. The molecule has 0 N–H and O–H groups in total. The van der Waals surface area contributed by atoms with Gasteiger partial charge in [-0.15, -0.1) is 0 Å². The summed E-state index contributed by atoms with van der Waals surface area (Å²) >= 11 is 1.70. The Morgan fingerprint density at radius 1 is 0.673 bits per heavy atom. The van der Waals surface area contributed by atoms with Gasteiger partial charge in [-0.2, -0.15) is 5.26 Å². The second-order valence-corrected chi connectivity index (χ2v) is 14.8. The summed E-state index contributed by atoms with van der Waals surface area (Å²) in [5, 5.41) is 16.4. The Morgan fingerprint density at radius 3 is 2.11 bits per heavy atom. The fourth-order valence-corrected chi connectivity index (χ4v) is 8.71. The van der Waals surface area contributed by atoms with Crippen molar-refractivity contribution < 1.29 is 4.42 Å². The van der Waals surface area contributed by atoms with Gasteiger partial charge in [0, 0.05) is 48.1 Å². The number of furan rings is 1. The zero-order valence-corrected chi connectivity index (χ0v) is 31.7. The van der Waals surface area contributed by atoms with Gasteiger partial charge in [0.25, 0.3) is 0 Å². The van der Waals surface area contributed by atoms with Crippen molar-refractivity contribution in [3.05, 3.63) is 169 Å². The van der Waals surface area contributed by atoms with Crippen LogP contribution in [0.25, 0.3) is 76.9 Å². The monoisotopic (exact) mass is 729 g/mol. The van der Waals surface area contributed by atoms with Gasteiger partial charge in [-0.25, -0.2) is 0 Å². The van der Waals surface area contributed by atoms with E-state index in [1.807, 2.05) is 49.4 Å². The summed E-state index contributed by atoms with van der Waals surface area (Å²) in [6, 6.07) is 44.9. The van der Waals surface area contributed by atoms with E-state index >= 15 is 0 Å². The number of rotatable bonds is 6. The van der Waals surface area contributed by atoms with Gasteiger partial charge in [-0.05, 0) is 117 Å². The lowest BCUT2D eigenvalue weighted by atomic mass is 10.0. The fourth-order valence-electron chi connectivity index (χ4n) is 7.90. The van der Waals surface area contributed by atoms with Crippen LogP contribution in [0.5, 0.6) is 0 Å². The average Bonchev–Trinajstić information content (AvgIpc) is 3.90. The Kier molecular flexibility index (Phi) is 9.19. The molecule has 6 aromatic carbocycles. The zero-order chi connectivity index (χ0) is 37.3. The van der Waals surface area contributed by atoms with Crippen molar-refractivity contribution in [3.63, 3.8) is 0 Å². The number of allylic oxidation sites excluding steroid dienone is 8. The molecular formula is C50H39N3OS. The van der Waals surface area contributed by atoms with Crippen LogP contribution in [0, 0.1) is 11.3 Å². The highest BCUT2D eigenvalue weighted by Crippen LogP contribution is 2.46. The second kappa shape index (κ2) is 14.7. The molecule has 0 aliphatic heterocycles.